The van der Waals surface area contributed by atoms with Crippen LogP contribution in [0.2, 0.25) is 0 Å². The second-order valence-electron chi connectivity index (χ2n) is 7.38. The largest absolute Gasteiger partial charge is 0.337 e. The van der Waals surface area contributed by atoms with Gasteiger partial charge in [0, 0.05) is 19.7 Å². The maximum Gasteiger partial charge on any atom is 0.256 e. The molecule has 0 aliphatic rings. The lowest BCUT2D eigenvalue weighted by Gasteiger charge is -2.20. The number of carbonyl (C=O) groups excluding carboxylic acids is 2. The summed E-state index contributed by atoms with van der Waals surface area (Å²) in [5.74, 6) is -0.501. The molecule has 162 valence electrons. The fourth-order valence-electron chi connectivity index (χ4n) is 3.07. The summed E-state index contributed by atoms with van der Waals surface area (Å²) in [4.78, 5) is 26.9. The Hall–Kier alpha value is -3.77. The van der Waals surface area contributed by atoms with Crippen LogP contribution in [-0.2, 0) is 11.3 Å². The van der Waals surface area contributed by atoms with Crippen LogP contribution in [0, 0.1) is 6.92 Å². The zero-order valence-electron chi connectivity index (χ0n) is 18.0. The van der Waals surface area contributed by atoms with Crippen LogP contribution in [0.15, 0.2) is 84.9 Å². The zero-order chi connectivity index (χ0) is 22.9. The molecule has 0 unspecified atom stereocenters. The van der Waals surface area contributed by atoms with Crippen LogP contribution in [0.1, 0.15) is 27.0 Å². The highest BCUT2D eigenvalue weighted by atomic mass is 32.1. The molecule has 5 nitrogen and oxygen atoms in total. The maximum atomic E-state index is 13.0. The molecule has 0 aliphatic carbocycles. The number of amides is 2. The van der Waals surface area contributed by atoms with E-state index in [2.05, 4.69) is 10.6 Å². The van der Waals surface area contributed by atoms with Crippen LogP contribution in [-0.4, -0.2) is 28.9 Å². The van der Waals surface area contributed by atoms with E-state index in [1.807, 2.05) is 61.5 Å². The van der Waals surface area contributed by atoms with Crippen molar-refractivity contribution in [2.24, 2.45) is 0 Å². The Morgan fingerprint density at radius 3 is 2.31 bits per heavy atom. The molecule has 6 heteroatoms. The van der Waals surface area contributed by atoms with Gasteiger partial charge in [-0.1, -0.05) is 72.3 Å². The third-order valence-electron chi connectivity index (χ3n) is 4.76. The van der Waals surface area contributed by atoms with Crippen LogP contribution < -0.4 is 10.6 Å². The lowest BCUT2D eigenvalue weighted by Crippen LogP contribution is -2.34. The Kier molecular flexibility index (Phi) is 7.89. The highest BCUT2D eigenvalue weighted by molar-refractivity contribution is 7.80. The number of nitrogens with zero attached hydrogens (tertiary/aromatic N) is 1. The number of benzene rings is 3. The maximum absolute atomic E-state index is 13.0. The highest BCUT2D eigenvalue weighted by Crippen LogP contribution is 2.18. The van der Waals surface area contributed by atoms with E-state index in [1.54, 1.807) is 42.3 Å². The summed E-state index contributed by atoms with van der Waals surface area (Å²) in [7, 11) is 1.75. The van der Waals surface area contributed by atoms with Crippen molar-refractivity contribution in [3.8, 4) is 0 Å². The molecule has 3 aromatic carbocycles. The molecule has 2 amide bonds. The van der Waals surface area contributed by atoms with Gasteiger partial charge >= 0.3 is 0 Å². The molecule has 3 rings (SSSR count). The SMILES string of the molecule is Cc1ccc(/C=C/C(=O)NC(=S)Nc2ccccc2C(=O)N(C)Cc2ccccc2)cc1. The first-order chi connectivity index (χ1) is 15.4. The number of hydrogen-bond donors (Lipinski definition) is 2. The molecule has 32 heavy (non-hydrogen) atoms. The summed E-state index contributed by atoms with van der Waals surface area (Å²) in [6.07, 6.45) is 3.14. The van der Waals surface area contributed by atoms with Crippen LogP contribution in [0.25, 0.3) is 6.08 Å². The lowest BCUT2D eigenvalue weighted by molar-refractivity contribution is -0.115. The highest BCUT2D eigenvalue weighted by Gasteiger charge is 2.16. The normalized spacial score (nSPS) is 10.6. The zero-order valence-corrected chi connectivity index (χ0v) is 18.9. The van der Waals surface area contributed by atoms with Gasteiger partial charge in [-0.2, -0.15) is 0 Å². The van der Waals surface area contributed by atoms with E-state index in [0.717, 1.165) is 16.7 Å². The van der Waals surface area contributed by atoms with Gasteiger partial charge in [0.1, 0.15) is 0 Å². The topological polar surface area (TPSA) is 61.4 Å². The molecule has 0 fully saturated rings. The number of aryl methyl sites for hydroxylation is 1. The average molecular weight is 444 g/mol. The molecule has 0 saturated carbocycles. The minimum atomic E-state index is -0.354. The van der Waals surface area contributed by atoms with Gasteiger partial charge in [0.25, 0.3) is 5.91 Å². The van der Waals surface area contributed by atoms with Crippen molar-refractivity contribution in [2.45, 2.75) is 13.5 Å². The van der Waals surface area contributed by atoms with Crippen molar-refractivity contribution in [1.29, 1.82) is 0 Å². The minimum absolute atomic E-state index is 0.120. The molecule has 0 saturated heterocycles. The summed E-state index contributed by atoms with van der Waals surface area (Å²) in [5, 5.41) is 5.70. The first-order valence-corrected chi connectivity index (χ1v) is 10.6. The second kappa shape index (κ2) is 11.0. The van der Waals surface area contributed by atoms with Crippen molar-refractivity contribution >= 4 is 40.9 Å². The van der Waals surface area contributed by atoms with E-state index < -0.39 is 0 Å². The number of thiocarbonyl (C=S) groups is 1. The van der Waals surface area contributed by atoms with Crippen LogP contribution in [0.4, 0.5) is 5.69 Å². The summed E-state index contributed by atoms with van der Waals surface area (Å²) in [5.41, 5.74) is 4.11. The Bertz CT molecular complexity index is 1130. The van der Waals surface area contributed by atoms with E-state index in [9.17, 15) is 9.59 Å². The Morgan fingerprint density at radius 1 is 0.938 bits per heavy atom. The molecule has 0 bridgehead atoms. The first kappa shape index (κ1) is 22.9. The van der Waals surface area contributed by atoms with Crippen molar-refractivity contribution in [3.05, 3.63) is 107 Å². The van der Waals surface area contributed by atoms with E-state index in [4.69, 9.17) is 12.2 Å². The van der Waals surface area contributed by atoms with Crippen LogP contribution in [0.3, 0.4) is 0 Å². The average Bonchev–Trinajstić information content (AvgIpc) is 2.79. The number of rotatable bonds is 6. The van der Waals surface area contributed by atoms with Gasteiger partial charge in [0.15, 0.2) is 5.11 Å². The van der Waals surface area contributed by atoms with Crippen LogP contribution >= 0.6 is 12.2 Å². The fourth-order valence-corrected chi connectivity index (χ4v) is 3.28. The molecule has 0 spiro atoms. The van der Waals surface area contributed by atoms with E-state index in [0.29, 0.717) is 17.8 Å². The van der Waals surface area contributed by atoms with Gasteiger partial charge in [-0.25, -0.2) is 0 Å². The quantitative estimate of drug-likeness (QED) is 0.425. The number of hydrogen-bond acceptors (Lipinski definition) is 3. The molecule has 0 atom stereocenters. The number of carbonyl (C=O) groups is 2. The second-order valence-corrected chi connectivity index (χ2v) is 7.79. The molecule has 3 aromatic rings. The third-order valence-corrected chi connectivity index (χ3v) is 4.96. The molecule has 0 radical (unpaired) electrons. The van der Waals surface area contributed by atoms with Gasteiger partial charge in [0.05, 0.1) is 11.3 Å². The first-order valence-electron chi connectivity index (χ1n) is 10.2. The number of anilines is 1. The summed E-state index contributed by atoms with van der Waals surface area (Å²) >= 11 is 5.28. The monoisotopic (exact) mass is 443 g/mol. The molecular weight excluding hydrogens is 418 g/mol. The number of nitrogens with one attached hydrogen (secondary N) is 2. The van der Waals surface area contributed by atoms with Crippen molar-refractivity contribution in [2.75, 3.05) is 12.4 Å². The molecular formula is C26H25N3O2S. The van der Waals surface area contributed by atoms with Gasteiger partial charge in [-0.05, 0) is 48.5 Å². The summed E-state index contributed by atoms with van der Waals surface area (Å²) in [6, 6.07) is 24.7. The van der Waals surface area contributed by atoms with E-state index in [1.165, 1.54) is 6.08 Å². The minimum Gasteiger partial charge on any atom is -0.337 e. The molecule has 2 N–H and O–H groups in total. The third kappa shape index (κ3) is 6.62. The Morgan fingerprint density at radius 2 is 1.59 bits per heavy atom. The summed E-state index contributed by atoms with van der Waals surface area (Å²) in [6.45, 7) is 2.49. The van der Waals surface area contributed by atoms with Gasteiger partial charge in [0.2, 0.25) is 5.91 Å². The molecule has 0 aromatic heterocycles. The van der Waals surface area contributed by atoms with Gasteiger partial charge in [-0.3, -0.25) is 14.9 Å². The van der Waals surface area contributed by atoms with E-state index in [-0.39, 0.29) is 16.9 Å². The van der Waals surface area contributed by atoms with E-state index >= 15 is 0 Å². The van der Waals surface area contributed by atoms with Gasteiger partial charge in [-0.15, -0.1) is 0 Å². The van der Waals surface area contributed by atoms with Crippen molar-refractivity contribution in [3.63, 3.8) is 0 Å². The predicted octanol–water partition coefficient (Wildman–Crippen LogP) is 4.79. The number of para-hydroxylation sites is 1. The summed E-state index contributed by atoms with van der Waals surface area (Å²) < 4.78 is 0. The standard InChI is InChI=1S/C26H25N3O2S/c1-19-12-14-20(15-13-19)16-17-24(30)28-26(32)27-23-11-7-6-10-22(23)25(31)29(2)18-21-8-4-3-5-9-21/h3-17H,18H2,1-2H3,(H2,27,28,30,32)/b17-16+. The fraction of sp³-hybridized carbons (Fsp3) is 0.115. The van der Waals surface area contributed by atoms with Crippen molar-refractivity contribution in [1.82, 2.24) is 10.2 Å². The Labute approximate surface area is 193 Å². The Balaban J connectivity index is 1.62. The smallest absolute Gasteiger partial charge is 0.256 e. The predicted molar refractivity (Wildman–Crippen MR) is 133 cm³/mol. The van der Waals surface area contributed by atoms with Crippen molar-refractivity contribution < 1.29 is 9.59 Å². The lowest BCUT2D eigenvalue weighted by atomic mass is 10.1. The van der Waals surface area contributed by atoms with Gasteiger partial charge < -0.3 is 10.2 Å². The molecule has 0 aliphatic heterocycles. The molecule has 0 heterocycles. The van der Waals surface area contributed by atoms with Crippen LogP contribution in [0.5, 0.6) is 0 Å².